The van der Waals surface area contributed by atoms with E-state index in [1.54, 1.807) is 37.3 Å². The van der Waals surface area contributed by atoms with E-state index in [4.69, 9.17) is 11.6 Å². The summed E-state index contributed by atoms with van der Waals surface area (Å²) in [7, 11) is 0. The Balaban J connectivity index is 1.95. The van der Waals surface area contributed by atoms with Crippen molar-refractivity contribution in [2.24, 2.45) is 0 Å². The molecule has 0 bridgehead atoms. The maximum absolute atomic E-state index is 13.3. The monoisotopic (exact) mass is 370 g/mol. The maximum atomic E-state index is 13.3. The summed E-state index contributed by atoms with van der Waals surface area (Å²) in [5, 5.41) is 6.33. The van der Waals surface area contributed by atoms with Gasteiger partial charge in [0, 0.05) is 16.4 Å². The Morgan fingerprint density at radius 2 is 1.95 bits per heavy atom. The second-order valence-corrected chi connectivity index (χ2v) is 5.78. The Labute approximate surface area is 135 Å². The molecule has 0 aromatic heterocycles. The van der Waals surface area contributed by atoms with Gasteiger partial charge in [-0.25, -0.2) is 4.39 Å². The molecule has 0 saturated carbocycles. The zero-order chi connectivity index (χ0) is 15.4. The molecule has 0 spiro atoms. The molecule has 0 radical (unpaired) electrons. The molecular weight excluding hydrogens is 359 g/mol. The zero-order valence-corrected chi connectivity index (χ0v) is 13.6. The Hall–Kier alpha value is -1.59. The predicted molar refractivity (Wildman–Crippen MR) is 87.4 cm³/mol. The highest BCUT2D eigenvalue weighted by Crippen LogP contribution is 2.24. The van der Waals surface area contributed by atoms with E-state index in [1.807, 2.05) is 0 Å². The fourth-order valence-corrected chi connectivity index (χ4v) is 2.22. The van der Waals surface area contributed by atoms with Gasteiger partial charge in [-0.05, 0) is 64.8 Å². The summed E-state index contributed by atoms with van der Waals surface area (Å²) >= 11 is 8.89. The van der Waals surface area contributed by atoms with Gasteiger partial charge in [0.05, 0.1) is 11.0 Å². The number of carbonyl (C=O) groups excluding carboxylic acids is 1. The van der Waals surface area contributed by atoms with Crippen molar-refractivity contribution < 1.29 is 9.18 Å². The summed E-state index contributed by atoms with van der Waals surface area (Å²) in [5.41, 5.74) is 2.10. The first kappa shape index (κ1) is 15.8. The molecular formula is C15H13BrClFN2O. The molecule has 6 heteroatoms. The fraction of sp³-hybridized carbons (Fsp3) is 0.133. The van der Waals surface area contributed by atoms with E-state index in [2.05, 4.69) is 26.6 Å². The molecule has 2 N–H and O–H groups in total. The highest BCUT2D eigenvalue weighted by atomic mass is 79.9. The van der Waals surface area contributed by atoms with Crippen molar-refractivity contribution in [2.45, 2.75) is 6.92 Å². The SMILES string of the molecule is Cc1cc(F)c(Br)cc1NCC(=O)Nc1ccc(Cl)cc1. The molecule has 2 aromatic rings. The minimum absolute atomic E-state index is 0.0849. The van der Waals surface area contributed by atoms with E-state index in [0.29, 0.717) is 20.9 Å². The van der Waals surface area contributed by atoms with E-state index >= 15 is 0 Å². The van der Waals surface area contributed by atoms with Crippen molar-refractivity contribution in [1.82, 2.24) is 0 Å². The molecule has 0 heterocycles. The fourth-order valence-electron chi connectivity index (χ4n) is 1.75. The zero-order valence-electron chi connectivity index (χ0n) is 11.2. The number of aryl methyl sites for hydroxylation is 1. The first-order valence-corrected chi connectivity index (χ1v) is 7.38. The number of rotatable bonds is 4. The summed E-state index contributed by atoms with van der Waals surface area (Å²) in [6, 6.07) is 9.86. The number of nitrogens with one attached hydrogen (secondary N) is 2. The molecule has 0 fully saturated rings. The number of benzene rings is 2. The van der Waals surface area contributed by atoms with Crippen LogP contribution in [-0.2, 0) is 4.79 Å². The van der Waals surface area contributed by atoms with Gasteiger partial charge in [-0.2, -0.15) is 0 Å². The number of hydrogen-bond donors (Lipinski definition) is 2. The van der Waals surface area contributed by atoms with Crippen LogP contribution >= 0.6 is 27.5 Å². The van der Waals surface area contributed by atoms with E-state index in [9.17, 15) is 9.18 Å². The van der Waals surface area contributed by atoms with Gasteiger partial charge in [-0.1, -0.05) is 11.6 Å². The number of amides is 1. The molecule has 0 aliphatic carbocycles. The van der Waals surface area contributed by atoms with E-state index < -0.39 is 0 Å². The summed E-state index contributed by atoms with van der Waals surface area (Å²) in [6.07, 6.45) is 0. The van der Waals surface area contributed by atoms with E-state index in [1.165, 1.54) is 6.07 Å². The largest absolute Gasteiger partial charge is 0.376 e. The molecule has 1 amide bonds. The Bertz CT molecular complexity index is 661. The van der Waals surface area contributed by atoms with Crippen LogP contribution < -0.4 is 10.6 Å². The van der Waals surface area contributed by atoms with Gasteiger partial charge in [0.1, 0.15) is 5.82 Å². The van der Waals surface area contributed by atoms with Crippen LogP contribution in [0, 0.1) is 12.7 Å². The summed E-state index contributed by atoms with van der Waals surface area (Å²) in [5.74, 6) is -0.527. The van der Waals surface area contributed by atoms with Gasteiger partial charge in [-0.15, -0.1) is 0 Å². The van der Waals surface area contributed by atoms with Crippen molar-refractivity contribution in [2.75, 3.05) is 17.2 Å². The van der Waals surface area contributed by atoms with Crippen molar-refractivity contribution >= 4 is 44.8 Å². The molecule has 21 heavy (non-hydrogen) atoms. The number of halogens is 3. The van der Waals surface area contributed by atoms with Crippen LogP contribution in [-0.4, -0.2) is 12.5 Å². The minimum Gasteiger partial charge on any atom is -0.376 e. The lowest BCUT2D eigenvalue weighted by Crippen LogP contribution is -2.22. The average Bonchev–Trinajstić information content (AvgIpc) is 2.44. The normalized spacial score (nSPS) is 10.3. The smallest absolute Gasteiger partial charge is 0.243 e. The minimum atomic E-state index is -0.330. The highest BCUT2D eigenvalue weighted by Gasteiger charge is 2.07. The van der Waals surface area contributed by atoms with Gasteiger partial charge in [0.15, 0.2) is 0 Å². The topological polar surface area (TPSA) is 41.1 Å². The highest BCUT2D eigenvalue weighted by molar-refractivity contribution is 9.10. The lowest BCUT2D eigenvalue weighted by Gasteiger charge is -2.11. The molecule has 0 unspecified atom stereocenters. The molecule has 0 saturated heterocycles. The van der Waals surface area contributed by atoms with Crippen molar-refractivity contribution in [3.05, 3.63) is 57.3 Å². The van der Waals surface area contributed by atoms with Crippen molar-refractivity contribution in [1.29, 1.82) is 0 Å². The predicted octanol–water partition coefficient (Wildman–Crippen LogP) is 4.60. The third-order valence-corrected chi connectivity index (χ3v) is 3.69. The van der Waals surface area contributed by atoms with Crippen LogP contribution in [0.3, 0.4) is 0 Å². The van der Waals surface area contributed by atoms with Gasteiger partial charge in [0.25, 0.3) is 0 Å². The molecule has 3 nitrogen and oxygen atoms in total. The number of carbonyl (C=O) groups is 1. The third kappa shape index (κ3) is 4.44. The van der Waals surface area contributed by atoms with Crippen LogP contribution in [0.15, 0.2) is 40.9 Å². The van der Waals surface area contributed by atoms with Gasteiger partial charge < -0.3 is 10.6 Å². The molecule has 0 atom stereocenters. The quantitative estimate of drug-likeness (QED) is 0.824. The lowest BCUT2D eigenvalue weighted by atomic mass is 10.2. The summed E-state index contributed by atoms with van der Waals surface area (Å²) < 4.78 is 13.7. The molecule has 110 valence electrons. The summed E-state index contributed by atoms with van der Waals surface area (Å²) in [6.45, 7) is 1.86. The first-order valence-electron chi connectivity index (χ1n) is 6.20. The molecule has 0 aliphatic rings. The van der Waals surface area contributed by atoms with Crippen LogP contribution in [0.5, 0.6) is 0 Å². The van der Waals surface area contributed by atoms with Gasteiger partial charge >= 0.3 is 0 Å². The van der Waals surface area contributed by atoms with Crippen molar-refractivity contribution in [3.63, 3.8) is 0 Å². The third-order valence-electron chi connectivity index (χ3n) is 2.83. The van der Waals surface area contributed by atoms with Crippen molar-refractivity contribution in [3.8, 4) is 0 Å². The van der Waals surface area contributed by atoms with Crippen LogP contribution in [0.1, 0.15) is 5.56 Å². The van der Waals surface area contributed by atoms with Crippen LogP contribution in [0.2, 0.25) is 5.02 Å². The average molecular weight is 372 g/mol. The van der Waals surface area contributed by atoms with E-state index in [-0.39, 0.29) is 18.3 Å². The first-order chi connectivity index (χ1) is 9.95. The Morgan fingerprint density at radius 3 is 2.62 bits per heavy atom. The Morgan fingerprint density at radius 1 is 1.29 bits per heavy atom. The van der Waals surface area contributed by atoms with Gasteiger partial charge in [-0.3, -0.25) is 4.79 Å². The molecule has 2 aromatic carbocycles. The second kappa shape index (κ2) is 6.91. The number of anilines is 2. The second-order valence-electron chi connectivity index (χ2n) is 4.49. The standard InChI is InChI=1S/C15H13BrClFN2O/c1-9-6-13(18)12(16)7-14(9)19-8-15(21)20-11-4-2-10(17)3-5-11/h2-7,19H,8H2,1H3,(H,20,21). The maximum Gasteiger partial charge on any atom is 0.243 e. The van der Waals surface area contributed by atoms with E-state index in [0.717, 1.165) is 5.56 Å². The molecule has 0 aliphatic heterocycles. The van der Waals surface area contributed by atoms with Crippen LogP contribution in [0.4, 0.5) is 15.8 Å². The lowest BCUT2D eigenvalue weighted by molar-refractivity contribution is -0.114. The molecule has 2 rings (SSSR count). The van der Waals surface area contributed by atoms with Crippen LogP contribution in [0.25, 0.3) is 0 Å². The Kier molecular flexibility index (Phi) is 5.20. The number of hydrogen-bond acceptors (Lipinski definition) is 2. The summed E-state index contributed by atoms with van der Waals surface area (Å²) in [4.78, 5) is 11.8. The van der Waals surface area contributed by atoms with Gasteiger partial charge in [0.2, 0.25) is 5.91 Å².